The smallest absolute Gasteiger partial charge is 0.234 e. The Bertz CT molecular complexity index is 618. The molecule has 1 aliphatic heterocycles. The zero-order valence-corrected chi connectivity index (χ0v) is 17.7. The fourth-order valence-corrected chi connectivity index (χ4v) is 3.08. The average Bonchev–Trinajstić information content (AvgIpc) is 2.57. The molecular formula is C21H32ClN3O2. The van der Waals surface area contributed by atoms with E-state index in [2.05, 4.69) is 21.5 Å². The first kappa shape index (κ1) is 23.3. The molecule has 150 valence electrons. The van der Waals surface area contributed by atoms with Crippen LogP contribution in [-0.4, -0.2) is 48.4 Å². The number of hydrogen-bond acceptors (Lipinski definition) is 3. The van der Waals surface area contributed by atoms with Crippen molar-refractivity contribution in [1.82, 2.24) is 15.5 Å². The average molecular weight is 394 g/mol. The summed E-state index contributed by atoms with van der Waals surface area (Å²) >= 11 is 6.02. The van der Waals surface area contributed by atoms with Gasteiger partial charge in [-0.15, -0.1) is 6.42 Å². The zero-order chi connectivity index (χ0) is 20.4. The fourth-order valence-electron chi connectivity index (χ4n) is 2.84. The Balaban J connectivity index is 2.27. The monoisotopic (exact) mass is 393 g/mol. The SMILES string of the molecule is C#C/C(C)=C\C(Cl)=C/CC(=O)NCC1CCN(CC(=O)NC(C)(C)C)CC1. The number of likely N-dealkylation sites (tertiary alicyclic amines) is 1. The van der Waals surface area contributed by atoms with E-state index in [1.807, 2.05) is 20.8 Å². The van der Waals surface area contributed by atoms with Gasteiger partial charge in [0.15, 0.2) is 0 Å². The summed E-state index contributed by atoms with van der Waals surface area (Å²) in [4.78, 5) is 26.1. The first-order valence-corrected chi connectivity index (χ1v) is 9.77. The largest absolute Gasteiger partial charge is 0.356 e. The molecule has 1 aliphatic rings. The molecule has 1 saturated heterocycles. The third kappa shape index (κ3) is 10.8. The number of amides is 2. The number of hydrogen-bond donors (Lipinski definition) is 2. The molecule has 0 bridgehead atoms. The highest BCUT2D eigenvalue weighted by Crippen LogP contribution is 2.16. The Morgan fingerprint density at radius 3 is 2.44 bits per heavy atom. The molecule has 0 aromatic heterocycles. The Kier molecular flexibility index (Phi) is 9.62. The highest BCUT2D eigenvalue weighted by atomic mass is 35.5. The molecule has 27 heavy (non-hydrogen) atoms. The number of rotatable bonds is 7. The summed E-state index contributed by atoms with van der Waals surface area (Å²) in [6.45, 7) is 10.6. The normalized spacial score (nSPS) is 17.3. The van der Waals surface area contributed by atoms with Crippen LogP contribution in [-0.2, 0) is 9.59 Å². The highest BCUT2D eigenvalue weighted by Gasteiger charge is 2.22. The van der Waals surface area contributed by atoms with E-state index in [9.17, 15) is 9.59 Å². The molecule has 2 N–H and O–H groups in total. The van der Waals surface area contributed by atoms with Crippen LogP contribution in [0.3, 0.4) is 0 Å². The molecular weight excluding hydrogens is 362 g/mol. The van der Waals surface area contributed by atoms with Crippen molar-refractivity contribution in [2.45, 2.75) is 52.5 Å². The molecule has 0 aromatic carbocycles. The molecule has 0 unspecified atom stereocenters. The maximum Gasteiger partial charge on any atom is 0.234 e. The van der Waals surface area contributed by atoms with E-state index in [4.69, 9.17) is 18.0 Å². The molecule has 0 spiro atoms. The van der Waals surface area contributed by atoms with Gasteiger partial charge in [0.25, 0.3) is 0 Å². The molecule has 5 nitrogen and oxygen atoms in total. The van der Waals surface area contributed by atoms with Gasteiger partial charge in [0.05, 0.1) is 6.54 Å². The molecule has 0 atom stereocenters. The van der Waals surface area contributed by atoms with E-state index in [0.29, 0.717) is 24.0 Å². The van der Waals surface area contributed by atoms with Crippen molar-refractivity contribution >= 4 is 23.4 Å². The van der Waals surface area contributed by atoms with E-state index in [0.717, 1.165) is 31.5 Å². The lowest BCUT2D eigenvalue weighted by Crippen LogP contribution is -2.48. The number of terminal acetylenes is 1. The first-order valence-electron chi connectivity index (χ1n) is 9.39. The van der Waals surface area contributed by atoms with E-state index < -0.39 is 0 Å². The first-order chi connectivity index (χ1) is 12.6. The third-order valence-corrected chi connectivity index (χ3v) is 4.50. The molecule has 6 heteroatoms. The third-order valence-electron chi connectivity index (χ3n) is 4.24. The van der Waals surface area contributed by atoms with Crippen LogP contribution in [0.25, 0.3) is 0 Å². The lowest BCUT2D eigenvalue weighted by Gasteiger charge is -2.32. The quantitative estimate of drug-likeness (QED) is 0.516. The fraction of sp³-hybridized carbons (Fsp3) is 0.619. The molecule has 1 heterocycles. The summed E-state index contributed by atoms with van der Waals surface area (Å²) in [5, 5.41) is 6.42. The van der Waals surface area contributed by atoms with Gasteiger partial charge < -0.3 is 10.6 Å². The van der Waals surface area contributed by atoms with Crippen LogP contribution in [0.4, 0.5) is 0 Å². The van der Waals surface area contributed by atoms with E-state index in [-0.39, 0.29) is 23.8 Å². The van der Waals surface area contributed by atoms with Gasteiger partial charge in [0.2, 0.25) is 11.8 Å². The number of nitrogens with zero attached hydrogens (tertiary/aromatic N) is 1. The number of carbonyl (C=O) groups excluding carboxylic acids is 2. The summed E-state index contributed by atoms with van der Waals surface area (Å²) in [6.07, 6.45) is 10.8. The summed E-state index contributed by atoms with van der Waals surface area (Å²) in [7, 11) is 0. The zero-order valence-electron chi connectivity index (χ0n) is 16.9. The molecule has 0 radical (unpaired) electrons. The predicted molar refractivity (Wildman–Crippen MR) is 111 cm³/mol. The van der Waals surface area contributed by atoms with Crippen molar-refractivity contribution in [2.24, 2.45) is 5.92 Å². The summed E-state index contributed by atoms with van der Waals surface area (Å²) in [6, 6.07) is 0. The Morgan fingerprint density at radius 1 is 1.26 bits per heavy atom. The van der Waals surface area contributed by atoms with Crippen LogP contribution >= 0.6 is 11.6 Å². The second-order valence-corrected chi connectivity index (χ2v) is 8.52. The summed E-state index contributed by atoms with van der Waals surface area (Å²) in [5.41, 5.74) is 0.520. The van der Waals surface area contributed by atoms with Crippen molar-refractivity contribution in [3.05, 3.63) is 22.8 Å². The van der Waals surface area contributed by atoms with Gasteiger partial charge in [-0.05, 0) is 65.6 Å². The van der Waals surface area contributed by atoms with E-state index >= 15 is 0 Å². The Morgan fingerprint density at radius 2 is 1.89 bits per heavy atom. The van der Waals surface area contributed by atoms with Gasteiger partial charge >= 0.3 is 0 Å². The summed E-state index contributed by atoms with van der Waals surface area (Å²) < 4.78 is 0. The number of allylic oxidation sites excluding steroid dienone is 3. The lowest BCUT2D eigenvalue weighted by molar-refractivity contribution is -0.124. The minimum absolute atomic E-state index is 0.0492. The van der Waals surface area contributed by atoms with E-state index in [1.54, 1.807) is 19.1 Å². The van der Waals surface area contributed by atoms with Crippen LogP contribution in [0.15, 0.2) is 22.8 Å². The van der Waals surface area contributed by atoms with Crippen molar-refractivity contribution in [3.8, 4) is 12.3 Å². The molecule has 0 aliphatic carbocycles. The predicted octanol–water partition coefficient (Wildman–Crippen LogP) is 2.82. The lowest BCUT2D eigenvalue weighted by atomic mass is 9.96. The number of carbonyl (C=O) groups is 2. The van der Waals surface area contributed by atoms with Crippen LogP contribution < -0.4 is 10.6 Å². The molecule has 1 rings (SSSR count). The van der Waals surface area contributed by atoms with Crippen molar-refractivity contribution in [2.75, 3.05) is 26.2 Å². The Labute approximate surface area is 168 Å². The standard InChI is InChI=1S/C21H32ClN3O2/c1-6-16(2)13-18(22)7-8-19(26)23-14-17-9-11-25(12-10-17)15-20(27)24-21(3,4)5/h1,7,13,17H,8-12,14-15H2,2-5H3,(H,23,26)(H,24,27)/b16-13-,18-7+. The molecule has 2 amide bonds. The van der Waals surface area contributed by atoms with Gasteiger partial charge in [-0.25, -0.2) is 0 Å². The molecule has 0 aromatic rings. The maximum absolute atomic E-state index is 12.0. The number of nitrogens with one attached hydrogen (secondary N) is 2. The van der Waals surface area contributed by atoms with Crippen molar-refractivity contribution in [3.63, 3.8) is 0 Å². The van der Waals surface area contributed by atoms with Crippen molar-refractivity contribution < 1.29 is 9.59 Å². The van der Waals surface area contributed by atoms with Crippen LogP contribution in [0, 0.1) is 18.3 Å². The maximum atomic E-state index is 12.0. The van der Waals surface area contributed by atoms with Crippen LogP contribution in [0.2, 0.25) is 0 Å². The van der Waals surface area contributed by atoms with Crippen molar-refractivity contribution in [1.29, 1.82) is 0 Å². The number of halogens is 1. The van der Waals surface area contributed by atoms with Gasteiger partial charge in [-0.3, -0.25) is 14.5 Å². The number of piperidine rings is 1. The second kappa shape index (κ2) is 11.2. The van der Waals surface area contributed by atoms with Crippen LogP contribution in [0.5, 0.6) is 0 Å². The molecule has 0 saturated carbocycles. The minimum atomic E-state index is -0.202. The van der Waals surface area contributed by atoms with Gasteiger partial charge in [0, 0.05) is 29.1 Å². The van der Waals surface area contributed by atoms with Gasteiger partial charge in [-0.2, -0.15) is 0 Å². The van der Waals surface area contributed by atoms with Gasteiger partial charge in [-0.1, -0.05) is 23.6 Å². The second-order valence-electron chi connectivity index (χ2n) is 8.09. The van der Waals surface area contributed by atoms with Crippen LogP contribution in [0.1, 0.15) is 47.0 Å². The topological polar surface area (TPSA) is 61.4 Å². The molecule has 1 fully saturated rings. The Hall–Kier alpha value is -1.77. The minimum Gasteiger partial charge on any atom is -0.356 e. The highest BCUT2D eigenvalue weighted by molar-refractivity contribution is 6.31. The van der Waals surface area contributed by atoms with E-state index in [1.165, 1.54) is 0 Å². The summed E-state index contributed by atoms with van der Waals surface area (Å²) in [5.74, 6) is 2.94. The van der Waals surface area contributed by atoms with Gasteiger partial charge in [0.1, 0.15) is 0 Å².